The molecule has 0 saturated carbocycles. The number of ketones is 1. The maximum absolute atomic E-state index is 12.4. The molecule has 0 unspecified atom stereocenters. The number of aliphatic hydroxyl groups excluding tert-OH is 2. The van der Waals surface area contributed by atoms with Gasteiger partial charge in [-0.2, -0.15) is 0 Å². The van der Waals surface area contributed by atoms with Gasteiger partial charge in [0.05, 0.1) is 25.4 Å². The Bertz CT molecular complexity index is 789. The van der Waals surface area contributed by atoms with Crippen LogP contribution < -0.4 is 10.5 Å². The first-order valence-corrected chi connectivity index (χ1v) is 11.7. The molecule has 2 rings (SSSR count). The van der Waals surface area contributed by atoms with Gasteiger partial charge in [-0.25, -0.2) is 0 Å². The summed E-state index contributed by atoms with van der Waals surface area (Å²) >= 11 is 0. The molecule has 0 aliphatic rings. The molecule has 2 atom stereocenters. The molecule has 0 radical (unpaired) electrons. The topological polar surface area (TPSA) is 92.8 Å². The number of rotatable bonds is 16. The summed E-state index contributed by atoms with van der Waals surface area (Å²) in [6.45, 7) is 0.480. The summed E-state index contributed by atoms with van der Waals surface area (Å²) in [6, 6.07) is 16.1. The third kappa shape index (κ3) is 9.77. The predicted octanol–water partition coefficient (Wildman–Crippen LogP) is 4.65. The zero-order chi connectivity index (χ0) is 23.0. The van der Waals surface area contributed by atoms with Gasteiger partial charge >= 0.3 is 0 Å². The molecule has 5 nitrogen and oxygen atoms in total. The number of hydrogen-bond donors (Lipinski definition) is 3. The molecule has 0 saturated heterocycles. The number of benzene rings is 2. The lowest BCUT2D eigenvalue weighted by Crippen LogP contribution is -2.36. The van der Waals surface area contributed by atoms with Crippen LogP contribution >= 0.6 is 0 Å². The van der Waals surface area contributed by atoms with Crippen LogP contribution in [0, 0.1) is 0 Å². The van der Waals surface area contributed by atoms with E-state index in [1.807, 2.05) is 60.7 Å². The van der Waals surface area contributed by atoms with E-state index in [0.717, 1.165) is 31.4 Å². The van der Waals surface area contributed by atoms with Gasteiger partial charge in [0.1, 0.15) is 5.75 Å². The maximum atomic E-state index is 12.4. The standard InChI is InChI=1S/C27H37NO4/c28-25(21-29)26(30)15-11-6-4-2-1-3-5-7-12-20-32-24-18-16-23(17-19-24)27(31)22-13-9-8-10-14-22/h8-11,13-19,25-26,29-30H,1-7,12,20-21,28H2/b15-11+/t25-,26+/m0/s1. The normalized spacial score (nSPS) is 13.2. The fourth-order valence-electron chi connectivity index (χ4n) is 3.38. The Morgan fingerprint density at radius 2 is 1.47 bits per heavy atom. The molecule has 2 aromatic rings. The summed E-state index contributed by atoms with van der Waals surface area (Å²) in [5.74, 6) is 0.824. The van der Waals surface area contributed by atoms with Crippen LogP contribution in [0.15, 0.2) is 66.7 Å². The average molecular weight is 440 g/mol. The van der Waals surface area contributed by atoms with Crippen LogP contribution in [0.4, 0.5) is 0 Å². The highest BCUT2D eigenvalue weighted by atomic mass is 16.5. The van der Waals surface area contributed by atoms with Crippen molar-refractivity contribution in [1.29, 1.82) is 0 Å². The number of hydrogen-bond acceptors (Lipinski definition) is 5. The largest absolute Gasteiger partial charge is 0.494 e. The fourth-order valence-corrected chi connectivity index (χ4v) is 3.38. The molecule has 2 aromatic carbocycles. The number of aliphatic hydroxyl groups is 2. The second kappa shape index (κ2) is 15.4. The third-order valence-corrected chi connectivity index (χ3v) is 5.42. The smallest absolute Gasteiger partial charge is 0.193 e. The summed E-state index contributed by atoms with van der Waals surface area (Å²) in [6.07, 6.45) is 11.9. The van der Waals surface area contributed by atoms with Crippen molar-refractivity contribution in [1.82, 2.24) is 0 Å². The Morgan fingerprint density at radius 3 is 2.12 bits per heavy atom. The molecule has 174 valence electrons. The lowest BCUT2D eigenvalue weighted by molar-refractivity contribution is 0.103. The first kappa shape index (κ1) is 25.8. The summed E-state index contributed by atoms with van der Waals surface area (Å²) in [4.78, 5) is 12.4. The fraction of sp³-hybridized carbons (Fsp3) is 0.444. The number of allylic oxidation sites excluding steroid dienone is 1. The Kier molecular flexibility index (Phi) is 12.4. The summed E-state index contributed by atoms with van der Waals surface area (Å²) < 4.78 is 5.80. The number of unbranched alkanes of at least 4 members (excludes halogenated alkanes) is 7. The monoisotopic (exact) mass is 439 g/mol. The number of carbonyl (C=O) groups is 1. The minimum absolute atomic E-state index is 0.0247. The van der Waals surface area contributed by atoms with Gasteiger partial charge in [-0.1, -0.05) is 74.6 Å². The van der Waals surface area contributed by atoms with E-state index in [1.165, 1.54) is 25.7 Å². The van der Waals surface area contributed by atoms with Crippen LogP contribution in [-0.4, -0.2) is 41.4 Å². The van der Waals surface area contributed by atoms with Gasteiger partial charge < -0.3 is 20.7 Å². The van der Waals surface area contributed by atoms with E-state index >= 15 is 0 Å². The van der Waals surface area contributed by atoms with Gasteiger partial charge in [0.2, 0.25) is 0 Å². The summed E-state index contributed by atoms with van der Waals surface area (Å²) in [5.41, 5.74) is 6.91. The van der Waals surface area contributed by atoms with Crippen LogP contribution in [-0.2, 0) is 0 Å². The Labute approximate surface area is 191 Å². The number of nitrogens with two attached hydrogens (primary N) is 1. The van der Waals surface area contributed by atoms with Gasteiger partial charge in [0.25, 0.3) is 0 Å². The molecule has 0 aliphatic carbocycles. The van der Waals surface area contributed by atoms with Crippen molar-refractivity contribution < 1.29 is 19.7 Å². The Hall–Kier alpha value is -2.47. The van der Waals surface area contributed by atoms with Crippen molar-refractivity contribution in [3.8, 4) is 5.75 Å². The van der Waals surface area contributed by atoms with Gasteiger partial charge in [-0.3, -0.25) is 4.79 Å². The minimum atomic E-state index is -0.767. The molecule has 0 aromatic heterocycles. The summed E-state index contributed by atoms with van der Waals surface area (Å²) in [7, 11) is 0. The van der Waals surface area contributed by atoms with Crippen molar-refractivity contribution in [2.75, 3.05) is 13.2 Å². The first-order chi connectivity index (χ1) is 15.6. The second-order valence-electron chi connectivity index (χ2n) is 8.10. The van der Waals surface area contributed by atoms with E-state index in [4.69, 9.17) is 15.6 Å². The highest BCUT2D eigenvalue weighted by Crippen LogP contribution is 2.16. The lowest BCUT2D eigenvalue weighted by Gasteiger charge is -2.11. The van der Waals surface area contributed by atoms with Crippen LogP contribution in [0.1, 0.15) is 67.3 Å². The summed E-state index contributed by atoms with van der Waals surface area (Å²) in [5, 5.41) is 18.5. The molecular formula is C27H37NO4. The average Bonchev–Trinajstić information content (AvgIpc) is 2.84. The molecule has 0 amide bonds. The molecule has 0 bridgehead atoms. The molecule has 0 spiro atoms. The predicted molar refractivity (Wildman–Crippen MR) is 129 cm³/mol. The van der Waals surface area contributed by atoms with E-state index < -0.39 is 12.1 Å². The minimum Gasteiger partial charge on any atom is -0.494 e. The Morgan fingerprint density at radius 1 is 0.875 bits per heavy atom. The Balaban J connectivity index is 1.48. The molecule has 4 N–H and O–H groups in total. The van der Waals surface area contributed by atoms with Crippen molar-refractivity contribution in [2.45, 2.75) is 63.5 Å². The first-order valence-electron chi connectivity index (χ1n) is 11.7. The van der Waals surface area contributed by atoms with E-state index in [1.54, 1.807) is 6.08 Å². The third-order valence-electron chi connectivity index (χ3n) is 5.42. The highest BCUT2D eigenvalue weighted by molar-refractivity contribution is 6.08. The molecule has 32 heavy (non-hydrogen) atoms. The van der Waals surface area contributed by atoms with E-state index in [9.17, 15) is 9.90 Å². The van der Waals surface area contributed by atoms with Crippen LogP contribution in [0.5, 0.6) is 5.75 Å². The SMILES string of the molecule is N[C@@H](CO)[C@H](O)/C=C/CCCCCCCCCOc1ccc(C(=O)c2ccccc2)cc1. The second-order valence-corrected chi connectivity index (χ2v) is 8.10. The van der Waals surface area contributed by atoms with Crippen LogP contribution in [0.3, 0.4) is 0 Å². The number of carbonyl (C=O) groups excluding carboxylic acids is 1. The molecule has 0 aliphatic heterocycles. The van der Waals surface area contributed by atoms with E-state index in [0.29, 0.717) is 17.7 Å². The van der Waals surface area contributed by atoms with Crippen molar-refractivity contribution in [2.24, 2.45) is 5.73 Å². The van der Waals surface area contributed by atoms with Gasteiger partial charge in [-0.15, -0.1) is 0 Å². The molecular weight excluding hydrogens is 402 g/mol. The zero-order valence-corrected chi connectivity index (χ0v) is 18.9. The molecule has 0 fully saturated rings. The van der Waals surface area contributed by atoms with Crippen molar-refractivity contribution in [3.05, 3.63) is 77.9 Å². The highest BCUT2D eigenvalue weighted by Gasteiger charge is 2.09. The molecule has 5 heteroatoms. The van der Waals surface area contributed by atoms with E-state index in [-0.39, 0.29) is 12.4 Å². The lowest BCUT2D eigenvalue weighted by atomic mass is 10.0. The van der Waals surface area contributed by atoms with Crippen LogP contribution in [0.2, 0.25) is 0 Å². The quantitative estimate of drug-likeness (QED) is 0.201. The van der Waals surface area contributed by atoms with Gasteiger partial charge in [0.15, 0.2) is 5.78 Å². The molecule has 0 heterocycles. The van der Waals surface area contributed by atoms with Crippen molar-refractivity contribution in [3.63, 3.8) is 0 Å². The van der Waals surface area contributed by atoms with Gasteiger partial charge in [0, 0.05) is 11.1 Å². The van der Waals surface area contributed by atoms with E-state index in [2.05, 4.69) is 0 Å². The number of ether oxygens (including phenoxy) is 1. The van der Waals surface area contributed by atoms with Crippen LogP contribution in [0.25, 0.3) is 0 Å². The van der Waals surface area contributed by atoms with Gasteiger partial charge in [-0.05, 0) is 43.5 Å². The maximum Gasteiger partial charge on any atom is 0.193 e. The zero-order valence-electron chi connectivity index (χ0n) is 18.9. The van der Waals surface area contributed by atoms with Crippen molar-refractivity contribution >= 4 is 5.78 Å².